The standard InChI is InChI=1S/C14H13F3O5.C12H14O4.C4H5F3O2.2H2/c1-2-21-13(20)8-22-10-5-3-9(4-6-10)11(18)7-12(19)14(15,16)17;1-3-15-12(14)8-16-11-6-4-10(5-7-11)9(2)13;1-2-9-3(8)4(5,6)7;;/h3-6H,2,7-8H2,1H3;4-7H,3,8H2,1-2H3;2H2,1H3;2*1H/i;;;1+1D;1+1. The van der Waals surface area contributed by atoms with Crippen LogP contribution in [0.1, 0.15) is 59.2 Å². The van der Waals surface area contributed by atoms with Crippen LogP contribution in [0, 0.1) is 0 Å². The zero-order chi connectivity index (χ0) is 38.2. The summed E-state index contributed by atoms with van der Waals surface area (Å²) in [7, 11) is 0. The molecule has 0 bridgehead atoms. The van der Waals surface area contributed by atoms with Crippen molar-refractivity contribution in [1.82, 2.24) is 0 Å². The van der Waals surface area contributed by atoms with E-state index >= 15 is 0 Å². The summed E-state index contributed by atoms with van der Waals surface area (Å²) >= 11 is 0. The molecule has 0 heterocycles. The van der Waals surface area contributed by atoms with E-state index in [1.54, 1.807) is 38.1 Å². The van der Waals surface area contributed by atoms with E-state index in [0.717, 1.165) is 0 Å². The number of ketones is 3. The Morgan fingerprint density at radius 1 is 0.617 bits per heavy atom. The molecule has 0 aliphatic carbocycles. The lowest BCUT2D eigenvalue weighted by molar-refractivity contribution is -0.199. The molecule has 2 aromatic rings. The second-order valence-electron chi connectivity index (χ2n) is 8.53. The number of Topliss-reactive ketones (excluding diaryl/α,β-unsaturated/α-hetero) is 3. The van der Waals surface area contributed by atoms with Gasteiger partial charge >= 0.3 is 30.3 Å². The van der Waals surface area contributed by atoms with Crippen molar-refractivity contribution >= 4 is 35.3 Å². The maximum Gasteiger partial charge on any atom is 0.490 e. The molecule has 47 heavy (non-hydrogen) atoms. The van der Waals surface area contributed by atoms with Crippen molar-refractivity contribution in [3.05, 3.63) is 59.7 Å². The van der Waals surface area contributed by atoms with Crippen molar-refractivity contribution in [3.63, 3.8) is 0 Å². The molecule has 0 saturated heterocycles. The first-order valence-corrected chi connectivity index (χ1v) is 13.5. The van der Waals surface area contributed by atoms with Crippen molar-refractivity contribution in [2.24, 2.45) is 0 Å². The van der Waals surface area contributed by atoms with Crippen LogP contribution in [0.25, 0.3) is 0 Å². The molecule has 0 fully saturated rings. The Morgan fingerprint density at radius 3 is 1.30 bits per heavy atom. The third-order valence-corrected chi connectivity index (χ3v) is 4.91. The van der Waals surface area contributed by atoms with Gasteiger partial charge in [-0.25, -0.2) is 14.4 Å². The van der Waals surface area contributed by atoms with Gasteiger partial charge in [0.05, 0.1) is 26.2 Å². The number of benzene rings is 2. The minimum Gasteiger partial charge on any atom is -0.482 e. The van der Waals surface area contributed by atoms with E-state index in [1.807, 2.05) is 0 Å². The van der Waals surface area contributed by atoms with Gasteiger partial charge in [0, 0.05) is 15.5 Å². The Hall–Kier alpha value is -4.96. The molecule has 0 spiro atoms. The van der Waals surface area contributed by atoms with Crippen LogP contribution < -0.4 is 9.47 Å². The van der Waals surface area contributed by atoms with Gasteiger partial charge in [-0.3, -0.25) is 14.4 Å². The van der Waals surface area contributed by atoms with Crippen molar-refractivity contribution in [3.8, 4) is 11.5 Å². The van der Waals surface area contributed by atoms with Gasteiger partial charge in [-0.2, -0.15) is 26.3 Å². The van der Waals surface area contributed by atoms with Crippen LogP contribution in [0.5, 0.6) is 11.5 Å². The molecular formula is C30H36F6O11. The molecule has 11 nitrogen and oxygen atoms in total. The molecule has 0 N–H and O–H groups in total. The van der Waals surface area contributed by atoms with Crippen molar-refractivity contribution in [2.45, 2.75) is 46.5 Å². The van der Waals surface area contributed by atoms with E-state index in [1.165, 1.54) is 38.1 Å². The highest BCUT2D eigenvalue weighted by Crippen LogP contribution is 2.20. The smallest absolute Gasteiger partial charge is 0.482 e. The highest BCUT2D eigenvalue weighted by Gasteiger charge is 2.40. The molecule has 0 aromatic heterocycles. The molecular weight excluding hydrogens is 650 g/mol. The van der Waals surface area contributed by atoms with Gasteiger partial charge in [-0.15, -0.1) is 0 Å². The Morgan fingerprint density at radius 2 is 1.00 bits per heavy atom. The van der Waals surface area contributed by atoms with Gasteiger partial charge in [0.15, 0.2) is 24.8 Å². The third kappa shape index (κ3) is 18.6. The van der Waals surface area contributed by atoms with Crippen molar-refractivity contribution in [2.75, 3.05) is 33.0 Å². The number of esters is 3. The zero-order valence-electron chi connectivity index (χ0n) is 27.6. The first-order valence-electron chi connectivity index (χ1n) is 14.5. The molecule has 264 valence electrons. The summed E-state index contributed by atoms with van der Waals surface area (Å²) in [6.45, 7) is 6.03. The predicted molar refractivity (Wildman–Crippen MR) is 154 cm³/mol. The van der Waals surface area contributed by atoms with Gasteiger partial charge in [0.2, 0.25) is 5.78 Å². The highest BCUT2D eigenvalue weighted by atomic mass is 19.4. The summed E-state index contributed by atoms with van der Waals surface area (Å²) in [5.74, 6) is -5.37. The molecule has 0 aliphatic rings. The molecule has 0 aliphatic heterocycles. The van der Waals surface area contributed by atoms with E-state index < -0.39 is 48.2 Å². The van der Waals surface area contributed by atoms with E-state index in [-0.39, 0.29) is 45.0 Å². The quantitative estimate of drug-likeness (QED) is 0.0830. The van der Waals surface area contributed by atoms with Gasteiger partial charge in [0.1, 0.15) is 11.5 Å². The van der Waals surface area contributed by atoms with E-state index in [4.69, 9.17) is 17.2 Å². The highest BCUT2D eigenvalue weighted by molar-refractivity contribution is 6.09. The lowest BCUT2D eigenvalue weighted by Crippen LogP contribution is -2.25. The minimum absolute atomic E-state index is 0. The number of halogens is 6. The van der Waals surface area contributed by atoms with E-state index in [2.05, 4.69) is 9.47 Å². The molecule has 0 atom stereocenters. The van der Waals surface area contributed by atoms with Crippen LogP contribution in [-0.4, -0.2) is 80.6 Å². The zero-order valence-corrected chi connectivity index (χ0v) is 25.6. The number of rotatable bonds is 13. The summed E-state index contributed by atoms with van der Waals surface area (Å²) in [4.78, 5) is 65.0. The second-order valence-corrected chi connectivity index (χ2v) is 8.53. The fraction of sp³-hybridized carbons (Fsp3) is 0.400. The number of alkyl halides is 6. The number of hydrogen-bond donors (Lipinski definition) is 0. The largest absolute Gasteiger partial charge is 0.490 e. The molecule has 2 rings (SSSR count). The number of carbonyl (C=O) groups is 6. The van der Waals surface area contributed by atoms with E-state index in [0.29, 0.717) is 17.9 Å². The van der Waals surface area contributed by atoms with Crippen molar-refractivity contribution < 1.29 is 83.2 Å². The van der Waals surface area contributed by atoms with E-state index in [9.17, 15) is 55.1 Å². The lowest BCUT2D eigenvalue weighted by atomic mass is 10.1. The maximum absolute atomic E-state index is 12.1. The normalized spacial score (nSPS) is 10.7. The van der Waals surface area contributed by atoms with Crippen molar-refractivity contribution in [1.29, 1.82) is 0 Å². The van der Waals surface area contributed by atoms with Gasteiger partial charge in [-0.1, -0.05) is 0 Å². The predicted octanol–water partition coefficient (Wildman–Crippen LogP) is 5.77. The SMILES string of the molecule is CCOC(=O)C(F)(F)F.CCOC(=O)COc1ccc(C(=O)CC(=O)C(F)(F)F)cc1.CCOC(=O)COc1ccc(C(C)=O)cc1.[2HH].[2H][2H]. The lowest BCUT2D eigenvalue weighted by Gasteiger charge is -2.07. The Kier molecular flexibility index (Phi) is 17.9. The summed E-state index contributed by atoms with van der Waals surface area (Å²) in [5.41, 5.74) is 0.560. The summed E-state index contributed by atoms with van der Waals surface area (Å²) in [6, 6.07) is 11.7. The minimum atomic E-state index is -5.03. The second kappa shape index (κ2) is 21.0. The van der Waals surface area contributed by atoms with Crippen LogP contribution in [0.15, 0.2) is 48.5 Å². The van der Waals surface area contributed by atoms with Crippen LogP contribution in [0.4, 0.5) is 26.3 Å². The third-order valence-electron chi connectivity index (χ3n) is 4.91. The Bertz CT molecular complexity index is 1340. The molecule has 0 saturated carbocycles. The monoisotopic (exact) mass is 689 g/mol. The molecule has 17 heteroatoms. The van der Waals surface area contributed by atoms with Gasteiger partial charge in [-0.05, 0) is 76.2 Å². The van der Waals surface area contributed by atoms with Crippen LogP contribution in [0.3, 0.4) is 0 Å². The van der Waals surface area contributed by atoms with Gasteiger partial charge in [0.25, 0.3) is 0 Å². The first kappa shape index (κ1) is 40.1. The summed E-state index contributed by atoms with van der Waals surface area (Å²) in [5, 5.41) is 0. The fourth-order valence-corrected chi connectivity index (χ4v) is 2.77. The Labute approximate surface area is 269 Å². The topological polar surface area (TPSA) is 149 Å². The average Bonchev–Trinajstić information content (AvgIpc) is 3.04. The number of carbonyl (C=O) groups excluding carboxylic acids is 6. The summed E-state index contributed by atoms with van der Waals surface area (Å²) in [6.07, 6.45) is -11.1. The van der Waals surface area contributed by atoms with Gasteiger partial charge < -0.3 is 23.7 Å². The maximum atomic E-state index is 12.1. The van der Waals surface area contributed by atoms with Crippen LogP contribution >= 0.6 is 0 Å². The average molecular weight is 690 g/mol. The summed E-state index contributed by atoms with van der Waals surface area (Å²) < 4.78 is 103. The fourth-order valence-electron chi connectivity index (χ4n) is 2.77. The van der Waals surface area contributed by atoms with Crippen LogP contribution in [0.2, 0.25) is 0 Å². The molecule has 2 aromatic carbocycles. The van der Waals surface area contributed by atoms with Crippen LogP contribution in [-0.2, 0) is 33.4 Å². The first-order chi connectivity index (χ1) is 22.8. The molecule has 0 radical (unpaired) electrons. The molecule has 0 unspecified atom stereocenters. The Balaban J connectivity index is -0.000000692. The number of ether oxygens (including phenoxy) is 5. The molecule has 0 amide bonds. The number of hydrogen-bond acceptors (Lipinski definition) is 11.